The second kappa shape index (κ2) is 5.10. The van der Waals surface area contributed by atoms with Crippen LogP contribution in [-0.4, -0.2) is 22.7 Å². The molecule has 1 aromatic heterocycles. The van der Waals surface area contributed by atoms with Crippen molar-refractivity contribution in [1.29, 1.82) is 5.26 Å². The van der Waals surface area contributed by atoms with Gasteiger partial charge in [-0.25, -0.2) is 4.68 Å². The second-order valence-corrected chi connectivity index (χ2v) is 4.51. The molecule has 5 heteroatoms. The minimum absolute atomic E-state index is 0.230. The lowest BCUT2D eigenvalue weighted by molar-refractivity contribution is 0.0957. The third-order valence-corrected chi connectivity index (χ3v) is 3.32. The van der Waals surface area contributed by atoms with Crippen molar-refractivity contribution in [1.82, 2.24) is 15.1 Å². The van der Waals surface area contributed by atoms with E-state index in [9.17, 15) is 10.1 Å². The molecule has 1 amide bonds. The molecule has 0 aliphatic carbocycles. The molecule has 102 valence electrons. The Morgan fingerprint density at radius 3 is 2.67 bits per heavy atom. The van der Waals surface area contributed by atoms with E-state index in [1.807, 2.05) is 30.3 Å². The smallest absolute Gasteiger partial charge is 0.271 e. The first-order valence-electron chi connectivity index (χ1n) is 6.44. The molecule has 0 aliphatic heterocycles. The SMILES string of the molecule is CNC(=O)c1ccn(-c2ccc(C#N)c3ccccc23)n1. The van der Waals surface area contributed by atoms with Crippen LogP contribution in [0.5, 0.6) is 0 Å². The van der Waals surface area contributed by atoms with Crippen molar-refractivity contribution in [2.24, 2.45) is 0 Å². The molecular weight excluding hydrogens is 264 g/mol. The molecular formula is C16H12N4O. The van der Waals surface area contributed by atoms with Crippen LogP contribution in [0.1, 0.15) is 16.1 Å². The predicted molar refractivity (Wildman–Crippen MR) is 79.2 cm³/mol. The van der Waals surface area contributed by atoms with Gasteiger partial charge >= 0.3 is 0 Å². The molecule has 2 aromatic carbocycles. The Labute approximate surface area is 121 Å². The number of benzene rings is 2. The molecule has 0 unspecified atom stereocenters. The number of nitrogens with one attached hydrogen (secondary N) is 1. The zero-order chi connectivity index (χ0) is 14.8. The number of carbonyl (C=O) groups excluding carboxylic acids is 1. The maximum atomic E-state index is 11.6. The summed E-state index contributed by atoms with van der Waals surface area (Å²) in [5.74, 6) is -0.230. The number of amides is 1. The van der Waals surface area contributed by atoms with Gasteiger partial charge in [-0.1, -0.05) is 24.3 Å². The van der Waals surface area contributed by atoms with Gasteiger partial charge in [-0.05, 0) is 18.2 Å². The summed E-state index contributed by atoms with van der Waals surface area (Å²) in [4.78, 5) is 11.6. The van der Waals surface area contributed by atoms with E-state index in [4.69, 9.17) is 0 Å². The normalized spacial score (nSPS) is 10.3. The average molecular weight is 276 g/mol. The molecule has 5 nitrogen and oxygen atoms in total. The van der Waals surface area contributed by atoms with Crippen LogP contribution in [0.2, 0.25) is 0 Å². The van der Waals surface area contributed by atoms with Gasteiger partial charge in [-0.2, -0.15) is 10.4 Å². The van der Waals surface area contributed by atoms with Gasteiger partial charge in [0.05, 0.1) is 17.3 Å². The first-order valence-corrected chi connectivity index (χ1v) is 6.44. The van der Waals surface area contributed by atoms with Gasteiger partial charge in [0.25, 0.3) is 5.91 Å². The Bertz CT molecular complexity index is 873. The van der Waals surface area contributed by atoms with Crippen LogP contribution in [0, 0.1) is 11.3 Å². The number of rotatable bonds is 2. The Morgan fingerprint density at radius 2 is 1.95 bits per heavy atom. The first kappa shape index (κ1) is 12.9. The number of hydrogen-bond donors (Lipinski definition) is 1. The summed E-state index contributed by atoms with van der Waals surface area (Å²) in [5, 5.41) is 17.8. The van der Waals surface area contributed by atoms with E-state index in [1.54, 1.807) is 30.1 Å². The highest BCUT2D eigenvalue weighted by molar-refractivity contribution is 5.95. The fourth-order valence-corrected chi connectivity index (χ4v) is 2.29. The van der Waals surface area contributed by atoms with Crippen LogP contribution in [0.4, 0.5) is 0 Å². The third-order valence-electron chi connectivity index (χ3n) is 3.32. The van der Waals surface area contributed by atoms with Crippen molar-refractivity contribution < 1.29 is 4.79 Å². The van der Waals surface area contributed by atoms with E-state index in [1.165, 1.54) is 0 Å². The van der Waals surface area contributed by atoms with Crippen molar-refractivity contribution in [2.45, 2.75) is 0 Å². The summed E-state index contributed by atoms with van der Waals surface area (Å²) >= 11 is 0. The molecule has 0 atom stereocenters. The highest BCUT2D eigenvalue weighted by Crippen LogP contribution is 2.25. The lowest BCUT2D eigenvalue weighted by Crippen LogP contribution is -2.18. The first-order chi connectivity index (χ1) is 10.2. The Kier molecular flexibility index (Phi) is 3.13. The quantitative estimate of drug-likeness (QED) is 0.780. The minimum atomic E-state index is -0.230. The summed E-state index contributed by atoms with van der Waals surface area (Å²) in [6, 6.07) is 15.1. The van der Waals surface area contributed by atoms with E-state index < -0.39 is 0 Å². The molecule has 0 saturated carbocycles. The fraction of sp³-hybridized carbons (Fsp3) is 0.0625. The van der Waals surface area contributed by atoms with Gasteiger partial charge in [0.1, 0.15) is 0 Å². The van der Waals surface area contributed by atoms with E-state index >= 15 is 0 Å². The van der Waals surface area contributed by atoms with Crippen LogP contribution in [0.25, 0.3) is 16.5 Å². The maximum absolute atomic E-state index is 11.6. The number of nitriles is 1. The van der Waals surface area contributed by atoms with Gasteiger partial charge in [0, 0.05) is 24.0 Å². The van der Waals surface area contributed by atoms with Gasteiger partial charge in [-0.15, -0.1) is 0 Å². The molecule has 1 N–H and O–H groups in total. The molecule has 0 fully saturated rings. The summed E-state index contributed by atoms with van der Waals surface area (Å²) in [5.41, 5.74) is 1.80. The van der Waals surface area contributed by atoms with Crippen molar-refractivity contribution in [3.63, 3.8) is 0 Å². The van der Waals surface area contributed by atoms with E-state index in [-0.39, 0.29) is 5.91 Å². The fourth-order valence-electron chi connectivity index (χ4n) is 2.29. The highest BCUT2D eigenvalue weighted by Gasteiger charge is 2.11. The van der Waals surface area contributed by atoms with E-state index in [0.29, 0.717) is 11.3 Å². The molecule has 0 bridgehead atoms. The average Bonchev–Trinajstić information content (AvgIpc) is 3.02. The monoisotopic (exact) mass is 276 g/mol. The highest BCUT2D eigenvalue weighted by atomic mass is 16.1. The summed E-state index contributed by atoms with van der Waals surface area (Å²) in [6.07, 6.45) is 1.73. The topological polar surface area (TPSA) is 70.7 Å². The standard InChI is InChI=1S/C16H12N4O/c1-18-16(21)14-8-9-20(19-14)15-7-6-11(10-17)12-4-2-3-5-13(12)15/h2-9H,1H3,(H,18,21). The van der Waals surface area contributed by atoms with Crippen molar-refractivity contribution in [3.05, 3.63) is 59.9 Å². The molecule has 1 heterocycles. The zero-order valence-corrected chi connectivity index (χ0v) is 11.4. The molecule has 0 aliphatic rings. The van der Waals surface area contributed by atoms with Crippen LogP contribution in [-0.2, 0) is 0 Å². The number of carbonyl (C=O) groups is 1. The lowest BCUT2D eigenvalue weighted by Gasteiger charge is -2.07. The minimum Gasteiger partial charge on any atom is -0.354 e. The van der Waals surface area contributed by atoms with Gasteiger partial charge in [-0.3, -0.25) is 4.79 Å². The second-order valence-electron chi connectivity index (χ2n) is 4.51. The van der Waals surface area contributed by atoms with Crippen LogP contribution >= 0.6 is 0 Å². The number of aromatic nitrogens is 2. The van der Waals surface area contributed by atoms with E-state index in [0.717, 1.165) is 16.5 Å². The number of nitrogens with zero attached hydrogens (tertiary/aromatic N) is 3. The lowest BCUT2D eigenvalue weighted by atomic mass is 10.0. The Balaban J connectivity index is 2.20. The van der Waals surface area contributed by atoms with Crippen LogP contribution < -0.4 is 5.32 Å². The third kappa shape index (κ3) is 2.13. The Morgan fingerprint density at radius 1 is 1.19 bits per heavy atom. The molecule has 3 aromatic rings. The van der Waals surface area contributed by atoms with Gasteiger partial charge < -0.3 is 5.32 Å². The zero-order valence-electron chi connectivity index (χ0n) is 11.4. The molecule has 3 rings (SSSR count). The predicted octanol–water partition coefficient (Wildman–Crippen LogP) is 2.26. The van der Waals surface area contributed by atoms with Gasteiger partial charge in [0.15, 0.2) is 5.69 Å². The molecule has 21 heavy (non-hydrogen) atoms. The van der Waals surface area contributed by atoms with Crippen LogP contribution in [0.3, 0.4) is 0 Å². The maximum Gasteiger partial charge on any atom is 0.271 e. The summed E-state index contributed by atoms with van der Waals surface area (Å²) in [6.45, 7) is 0. The van der Waals surface area contributed by atoms with Crippen molar-refractivity contribution in [2.75, 3.05) is 7.05 Å². The summed E-state index contributed by atoms with van der Waals surface area (Å²) in [7, 11) is 1.57. The largest absolute Gasteiger partial charge is 0.354 e. The molecule has 0 radical (unpaired) electrons. The Hall–Kier alpha value is -3.13. The van der Waals surface area contributed by atoms with E-state index in [2.05, 4.69) is 16.5 Å². The number of fused-ring (bicyclic) bond motifs is 1. The summed E-state index contributed by atoms with van der Waals surface area (Å²) < 4.78 is 1.65. The van der Waals surface area contributed by atoms with Crippen LogP contribution in [0.15, 0.2) is 48.7 Å². The number of hydrogen-bond acceptors (Lipinski definition) is 3. The van der Waals surface area contributed by atoms with Gasteiger partial charge in [0.2, 0.25) is 0 Å². The van der Waals surface area contributed by atoms with Crippen molar-refractivity contribution in [3.8, 4) is 11.8 Å². The van der Waals surface area contributed by atoms with Crippen molar-refractivity contribution >= 4 is 16.7 Å². The molecule has 0 saturated heterocycles. The molecule has 0 spiro atoms.